The van der Waals surface area contributed by atoms with Crippen LogP contribution in [0, 0.1) is 5.82 Å². The molecular formula is C23H22ClFN2. The molecule has 4 heteroatoms. The molecule has 0 N–H and O–H groups in total. The fourth-order valence-corrected chi connectivity index (χ4v) is 5.07. The number of likely N-dealkylation sites (N-methyl/N-ethyl adjacent to an activating group) is 1. The Labute approximate surface area is 163 Å². The van der Waals surface area contributed by atoms with Crippen LogP contribution in [-0.4, -0.2) is 22.6 Å². The lowest BCUT2D eigenvalue weighted by atomic mass is 9.97. The van der Waals surface area contributed by atoms with Crippen LogP contribution in [0.1, 0.15) is 42.6 Å². The van der Waals surface area contributed by atoms with Gasteiger partial charge in [0.1, 0.15) is 5.82 Å². The molecule has 1 saturated heterocycles. The van der Waals surface area contributed by atoms with E-state index in [1.54, 1.807) is 0 Å². The number of nitrogens with zero attached hydrogens (tertiary/aromatic N) is 2. The van der Waals surface area contributed by atoms with Crippen LogP contribution in [-0.2, 0) is 6.42 Å². The number of aromatic nitrogens is 1. The summed E-state index contributed by atoms with van der Waals surface area (Å²) < 4.78 is 15.6. The van der Waals surface area contributed by atoms with E-state index in [2.05, 4.69) is 41.8 Å². The van der Waals surface area contributed by atoms with Crippen LogP contribution in [0.25, 0.3) is 22.7 Å². The summed E-state index contributed by atoms with van der Waals surface area (Å²) in [5, 5.41) is 2.04. The smallest absolute Gasteiger partial charge is 0.123 e. The van der Waals surface area contributed by atoms with Crippen molar-refractivity contribution in [2.75, 3.05) is 7.05 Å². The van der Waals surface area contributed by atoms with Crippen LogP contribution in [0.15, 0.2) is 42.5 Å². The topological polar surface area (TPSA) is 8.17 Å². The van der Waals surface area contributed by atoms with Gasteiger partial charge in [0.15, 0.2) is 0 Å². The first kappa shape index (κ1) is 17.0. The van der Waals surface area contributed by atoms with Crippen molar-refractivity contribution in [3.05, 3.63) is 70.1 Å². The fraction of sp³-hybridized carbons (Fsp3) is 0.304. The molecule has 2 nitrogen and oxygen atoms in total. The molecule has 1 fully saturated rings. The first-order valence-electron chi connectivity index (χ1n) is 9.51. The van der Waals surface area contributed by atoms with Gasteiger partial charge in [-0.2, -0.15) is 0 Å². The Kier molecular flexibility index (Phi) is 3.92. The zero-order valence-electron chi connectivity index (χ0n) is 15.5. The summed E-state index contributed by atoms with van der Waals surface area (Å²) in [7, 11) is 2.25. The van der Waals surface area contributed by atoms with Gasteiger partial charge in [0, 0.05) is 40.8 Å². The molecule has 2 aliphatic rings. The Bertz CT molecular complexity index is 1060. The molecule has 3 heterocycles. The van der Waals surface area contributed by atoms with Crippen LogP contribution in [0.5, 0.6) is 0 Å². The quantitative estimate of drug-likeness (QED) is 0.518. The van der Waals surface area contributed by atoms with Crippen LogP contribution >= 0.6 is 11.6 Å². The monoisotopic (exact) mass is 380 g/mol. The molecular weight excluding hydrogens is 359 g/mol. The van der Waals surface area contributed by atoms with Gasteiger partial charge in [-0.25, -0.2) is 4.39 Å². The number of hydrogen-bond acceptors (Lipinski definition) is 1. The van der Waals surface area contributed by atoms with E-state index in [9.17, 15) is 4.39 Å². The second kappa shape index (κ2) is 6.22. The second-order valence-corrected chi connectivity index (χ2v) is 8.26. The lowest BCUT2D eigenvalue weighted by Gasteiger charge is -2.32. The van der Waals surface area contributed by atoms with Crippen molar-refractivity contribution in [2.24, 2.45) is 0 Å². The van der Waals surface area contributed by atoms with Crippen molar-refractivity contribution < 1.29 is 4.39 Å². The molecule has 2 unspecified atom stereocenters. The van der Waals surface area contributed by atoms with Crippen molar-refractivity contribution in [3.8, 4) is 0 Å². The number of fused-ring (bicyclic) bond motifs is 6. The Morgan fingerprint density at radius 3 is 2.70 bits per heavy atom. The number of rotatable bonds is 2. The van der Waals surface area contributed by atoms with Gasteiger partial charge in [-0.3, -0.25) is 4.90 Å². The summed E-state index contributed by atoms with van der Waals surface area (Å²) in [6, 6.07) is 14.0. The lowest BCUT2D eigenvalue weighted by Crippen LogP contribution is -2.34. The third-order valence-corrected chi connectivity index (χ3v) is 6.57. The summed E-state index contributed by atoms with van der Waals surface area (Å²) in [6.07, 6.45) is 5.72. The summed E-state index contributed by atoms with van der Waals surface area (Å²) in [6.45, 7) is 2.09. The minimum absolute atomic E-state index is 0.204. The highest BCUT2D eigenvalue weighted by Crippen LogP contribution is 2.47. The summed E-state index contributed by atoms with van der Waals surface area (Å²) in [5.41, 5.74) is 6.20. The van der Waals surface area contributed by atoms with E-state index >= 15 is 0 Å². The third-order valence-electron chi connectivity index (χ3n) is 6.34. The van der Waals surface area contributed by atoms with E-state index < -0.39 is 0 Å². The molecule has 1 aromatic heterocycles. The highest BCUT2D eigenvalue weighted by atomic mass is 35.5. The van der Waals surface area contributed by atoms with Gasteiger partial charge < -0.3 is 4.57 Å². The molecule has 2 bridgehead atoms. The predicted octanol–water partition coefficient (Wildman–Crippen LogP) is 6.14. The molecule has 0 amide bonds. The van der Waals surface area contributed by atoms with E-state index in [1.807, 2.05) is 18.2 Å². The van der Waals surface area contributed by atoms with Crippen molar-refractivity contribution in [1.82, 2.24) is 9.47 Å². The maximum Gasteiger partial charge on any atom is 0.123 e. The standard InChI is InChI=1S/C23H22ClFN2/c1-14(15-3-6-17(25)7-4-15)13-27-20-9-5-16(24)11-19(20)23-21-10-8-18(26(21)2)12-22(23)27/h3-7,9,11,13,18,21H,8,10,12H2,1-2H3. The third kappa shape index (κ3) is 2.64. The molecule has 2 aliphatic heterocycles. The van der Waals surface area contributed by atoms with Crippen molar-refractivity contribution in [1.29, 1.82) is 0 Å². The van der Waals surface area contributed by atoms with Gasteiger partial charge in [-0.05, 0) is 73.8 Å². The molecule has 0 aliphatic carbocycles. The molecule has 0 radical (unpaired) electrons. The number of halogens is 2. The van der Waals surface area contributed by atoms with Crippen LogP contribution < -0.4 is 0 Å². The number of benzene rings is 2. The zero-order valence-corrected chi connectivity index (χ0v) is 16.3. The van der Waals surface area contributed by atoms with Crippen LogP contribution in [0.2, 0.25) is 5.02 Å². The molecule has 5 rings (SSSR count). The minimum Gasteiger partial charge on any atom is -0.320 e. The Morgan fingerprint density at radius 1 is 1.15 bits per heavy atom. The maximum absolute atomic E-state index is 13.3. The summed E-state index contributed by atoms with van der Waals surface area (Å²) in [5.74, 6) is -0.204. The lowest BCUT2D eigenvalue weighted by molar-refractivity contribution is 0.223. The number of hydrogen-bond donors (Lipinski definition) is 0. The van der Waals surface area contributed by atoms with Crippen molar-refractivity contribution >= 4 is 34.3 Å². The fourth-order valence-electron chi connectivity index (χ4n) is 4.90. The highest BCUT2D eigenvalue weighted by Gasteiger charge is 2.40. The van der Waals surface area contributed by atoms with Crippen LogP contribution in [0.4, 0.5) is 4.39 Å². The highest BCUT2D eigenvalue weighted by molar-refractivity contribution is 6.31. The average molecular weight is 381 g/mol. The largest absolute Gasteiger partial charge is 0.320 e. The van der Waals surface area contributed by atoms with E-state index in [-0.39, 0.29) is 5.82 Å². The second-order valence-electron chi connectivity index (χ2n) is 7.83. The number of allylic oxidation sites excluding steroid dienone is 1. The Morgan fingerprint density at radius 2 is 1.93 bits per heavy atom. The minimum atomic E-state index is -0.204. The van der Waals surface area contributed by atoms with E-state index in [0.29, 0.717) is 12.1 Å². The van der Waals surface area contributed by atoms with Gasteiger partial charge in [0.25, 0.3) is 0 Å². The SMILES string of the molecule is CC(=Cn1c2c(c3cc(Cl)ccc31)C1CCC(C2)N1C)c1ccc(F)cc1. The molecule has 138 valence electrons. The summed E-state index contributed by atoms with van der Waals surface area (Å²) in [4.78, 5) is 2.53. The molecule has 0 spiro atoms. The van der Waals surface area contributed by atoms with Gasteiger partial charge in [-0.1, -0.05) is 23.7 Å². The first-order chi connectivity index (χ1) is 13.0. The van der Waals surface area contributed by atoms with Gasteiger partial charge >= 0.3 is 0 Å². The van der Waals surface area contributed by atoms with Gasteiger partial charge in [-0.15, -0.1) is 0 Å². The van der Waals surface area contributed by atoms with Crippen LogP contribution in [0.3, 0.4) is 0 Å². The summed E-state index contributed by atoms with van der Waals surface area (Å²) >= 11 is 6.35. The van der Waals surface area contributed by atoms with Gasteiger partial charge in [0.2, 0.25) is 0 Å². The molecule has 2 atom stereocenters. The van der Waals surface area contributed by atoms with Gasteiger partial charge in [0.05, 0.1) is 5.52 Å². The molecule has 0 saturated carbocycles. The molecule has 3 aromatic rings. The normalized spacial score (nSPS) is 22.4. The molecule has 2 aromatic carbocycles. The average Bonchev–Trinajstić information content (AvgIpc) is 3.06. The van der Waals surface area contributed by atoms with E-state index in [0.717, 1.165) is 22.6 Å². The molecule has 27 heavy (non-hydrogen) atoms. The Balaban J connectivity index is 1.72. The van der Waals surface area contributed by atoms with Crippen molar-refractivity contribution in [2.45, 2.75) is 38.3 Å². The predicted molar refractivity (Wildman–Crippen MR) is 110 cm³/mol. The Hall–Kier alpha value is -2.10. The van der Waals surface area contributed by atoms with Crippen molar-refractivity contribution in [3.63, 3.8) is 0 Å². The first-order valence-corrected chi connectivity index (χ1v) is 9.89. The maximum atomic E-state index is 13.3. The van der Waals surface area contributed by atoms with E-state index in [1.165, 1.54) is 47.1 Å². The zero-order chi connectivity index (χ0) is 18.7. The van der Waals surface area contributed by atoms with E-state index in [4.69, 9.17) is 11.6 Å².